The van der Waals surface area contributed by atoms with Gasteiger partial charge in [0.1, 0.15) is 17.4 Å². The number of hydrogen-bond acceptors (Lipinski definition) is 4. The van der Waals surface area contributed by atoms with Gasteiger partial charge >= 0.3 is 6.18 Å². The first-order valence-electron chi connectivity index (χ1n) is 12.1. The molecule has 0 spiro atoms. The maximum Gasteiger partial charge on any atom is 0.422 e. The van der Waals surface area contributed by atoms with Gasteiger partial charge in [0.2, 0.25) is 0 Å². The average Bonchev–Trinajstić information content (AvgIpc) is 2.90. The van der Waals surface area contributed by atoms with Gasteiger partial charge in [-0.1, -0.05) is 42.5 Å². The smallest absolute Gasteiger partial charge is 0.422 e. The summed E-state index contributed by atoms with van der Waals surface area (Å²) in [6.07, 6.45) is 2.54. The highest BCUT2D eigenvalue weighted by molar-refractivity contribution is 5.84. The fourth-order valence-electron chi connectivity index (χ4n) is 4.05. The molecule has 1 heterocycles. The third-order valence-electron chi connectivity index (χ3n) is 6.10. The molecule has 3 aromatic carbocycles. The summed E-state index contributed by atoms with van der Waals surface area (Å²) in [6, 6.07) is 15.9. The van der Waals surface area contributed by atoms with E-state index < -0.39 is 12.8 Å². The van der Waals surface area contributed by atoms with E-state index in [1.165, 1.54) is 12.1 Å². The number of benzene rings is 3. The molecule has 4 nitrogen and oxygen atoms in total. The summed E-state index contributed by atoms with van der Waals surface area (Å²) in [6.45, 7) is -0.693. The Hall–Kier alpha value is -3.52. The summed E-state index contributed by atoms with van der Waals surface area (Å²) < 4.78 is 61.9. The van der Waals surface area contributed by atoms with E-state index in [0.29, 0.717) is 36.8 Å². The third-order valence-corrected chi connectivity index (χ3v) is 6.10. The number of aryl methyl sites for hydroxylation is 4. The predicted octanol–water partition coefficient (Wildman–Crippen LogP) is 6.47. The predicted molar refractivity (Wildman–Crippen MR) is 134 cm³/mol. The van der Waals surface area contributed by atoms with Gasteiger partial charge < -0.3 is 9.47 Å². The summed E-state index contributed by atoms with van der Waals surface area (Å²) in [4.78, 5) is 8.85. The molecule has 0 amide bonds. The Labute approximate surface area is 213 Å². The van der Waals surface area contributed by atoms with E-state index >= 15 is 4.39 Å². The lowest BCUT2D eigenvalue weighted by molar-refractivity contribution is -0.153. The zero-order valence-electron chi connectivity index (χ0n) is 20.5. The standard InChI is InChI=1S/C29H28F4N2O2/c1-36-15-14-22-17-34-27(35-18-22)13-6-21-5-12-26-24(16-21)9-8-23(28(26)30)7-2-20-3-10-25(11-4-20)37-19-29(31,32)33/h3-5,8-12,16-18H,2,6-7,13-15,19H2,1H3. The summed E-state index contributed by atoms with van der Waals surface area (Å²) >= 11 is 0. The van der Waals surface area contributed by atoms with Crippen LogP contribution in [0.15, 0.2) is 67.0 Å². The largest absolute Gasteiger partial charge is 0.484 e. The molecule has 0 saturated carbocycles. The van der Waals surface area contributed by atoms with Crippen LogP contribution < -0.4 is 4.74 Å². The first-order valence-corrected chi connectivity index (χ1v) is 12.1. The fourth-order valence-corrected chi connectivity index (χ4v) is 4.05. The molecule has 0 aliphatic rings. The van der Waals surface area contributed by atoms with Crippen LogP contribution in [-0.4, -0.2) is 36.5 Å². The molecule has 0 fully saturated rings. The van der Waals surface area contributed by atoms with Gasteiger partial charge in [0.15, 0.2) is 6.61 Å². The summed E-state index contributed by atoms with van der Waals surface area (Å²) in [5, 5.41) is 1.40. The van der Waals surface area contributed by atoms with Crippen molar-refractivity contribution in [2.75, 3.05) is 20.3 Å². The van der Waals surface area contributed by atoms with Gasteiger partial charge in [0, 0.05) is 31.3 Å². The number of methoxy groups -OCH3 is 1. The minimum atomic E-state index is -4.38. The zero-order valence-corrected chi connectivity index (χ0v) is 20.5. The van der Waals surface area contributed by atoms with Crippen molar-refractivity contribution in [1.29, 1.82) is 0 Å². The van der Waals surface area contributed by atoms with Gasteiger partial charge in [-0.3, -0.25) is 0 Å². The van der Waals surface area contributed by atoms with Crippen molar-refractivity contribution in [3.63, 3.8) is 0 Å². The number of aromatic nitrogens is 2. The van der Waals surface area contributed by atoms with Crippen molar-refractivity contribution >= 4 is 10.8 Å². The van der Waals surface area contributed by atoms with Crippen molar-refractivity contribution in [3.05, 3.63) is 101 Å². The van der Waals surface area contributed by atoms with E-state index in [-0.39, 0.29) is 11.6 Å². The molecule has 4 aromatic rings. The van der Waals surface area contributed by atoms with E-state index in [0.717, 1.165) is 40.7 Å². The highest BCUT2D eigenvalue weighted by Crippen LogP contribution is 2.25. The van der Waals surface area contributed by atoms with Gasteiger partial charge in [-0.05, 0) is 65.5 Å². The molecular weight excluding hydrogens is 484 g/mol. The Kier molecular flexibility index (Phi) is 8.71. The van der Waals surface area contributed by atoms with E-state index in [1.54, 1.807) is 25.3 Å². The van der Waals surface area contributed by atoms with Crippen LogP contribution in [0.25, 0.3) is 10.8 Å². The molecule has 194 valence electrons. The second-order valence-electron chi connectivity index (χ2n) is 8.89. The van der Waals surface area contributed by atoms with E-state index in [9.17, 15) is 13.2 Å². The highest BCUT2D eigenvalue weighted by atomic mass is 19.4. The molecule has 0 N–H and O–H groups in total. The SMILES string of the molecule is COCCc1cnc(CCc2ccc3c(F)c(CCc4ccc(OCC(F)(F)F)cc4)ccc3c2)nc1. The Balaban J connectivity index is 1.34. The van der Waals surface area contributed by atoms with Crippen LogP contribution in [0, 0.1) is 5.82 Å². The van der Waals surface area contributed by atoms with Gasteiger partial charge in [-0.2, -0.15) is 13.2 Å². The molecule has 0 atom stereocenters. The number of fused-ring (bicyclic) bond motifs is 1. The molecular formula is C29H28F4N2O2. The van der Waals surface area contributed by atoms with Crippen molar-refractivity contribution < 1.29 is 27.0 Å². The minimum Gasteiger partial charge on any atom is -0.484 e. The average molecular weight is 513 g/mol. The monoisotopic (exact) mass is 512 g/mol. The lowest BCUT2D eigenvalue weighted by Gasteiger charge is -2.10. The van der Waals surface area contributed by atoms with Crippen molar-refractivity contribution in [3.8, 4) is 5.75 Å². The summed E-state index contributed by atoms with van der Waals surface area (Å²) in [5.41, 5.74) is 3.61. The van der Waals surface area contributed by atoms with Crippen LogP contribution in [0.2, 0.25) is 0 Å². The number of hydrogen-bond donors (Lipinski definition) is 0. The van der Waals surface area contributed by atoms with Crippen LogP contribution in [0.5, 0.6) is 5.75 Å². The molecule has 1 aromatic heterocycles. The number of halogens is 4. The normalized spacial score (nSPS) is 11.7. The Morgan fingerprint density at radius 1 is 0.757 bits per heavy atom. The van der Waals surface area contributed by atoms with Crippen molar-refractivity contribution in [2.45, 2.75) is 38.3 Å². The third kappa shape index (κ3) is 7.73. The Morgan fingerprint density at radius 2 is 1.46 bits per heavy atom. The van der Waals surface area contributed by atoms with Crippen molar-refractivity contribution in [2.24, 2.45) is 0 Å². The number of nitrogens with zero attached hydrogens (tertiary/aromatic N) is 2. The summed E-state index contributed by atoms with van der Waals surface area (Å²) in [7, 11) is 1.66. The molecule has 4 rings (SSSR count). The van der Waals surface area contributed by atoms with Gasteiger partial charge in [0.05, 0.1) is 6.61 Å². The first-order chi connectivity index (χ1) is 17.8. The van der Waals surface area contributed by atoms with E-state index in [1.807, 2.05) is 36.7 Å². The second-order valence-corrected chi connectivity index (χ2v) is 8.89. The molecule has 37 heavy (non-hydrogen) atoms. The van der Waals surface area contributed by atoms with Gasteiger partial charge in [-0.15, -0.1) is 0 Å². The maximum absolute atomic E-state index is 15.2. The molecule has 0 aliphatic carbocycles. The molecule has 8 heteroatoms. The quantitative estimate of drug-likeness (QED) is 0.216. The molecule has 0 saturated heterocycles. The van der Waals surface area contributed by atoms with Crippen LogP contribution >= 0.6 is 0 Å². The Morgan fingerprint density at radius 3 is 2.16 bits per heavy atom. The van der Waals surface area contributed by atoms with Crippen LogP contribution in [0.3, 0.4) is 0 Å². The summed E-state index contributed by atoms with van der Waals surface area (Å²) in [5.74, 6) is 0.673. The number of ether oxygens (including phenoxy) is 2. The van der Waals surface area contributed by atoms with E-state index in [4.69, 9.17) is 9.47 Å². The Bertz CT molecular complexity index is 1310. The van der Waals surface area contributed by atoms with E-state index in [2.05, 4.69) is 9.97 Å². The zero-order chi connectivity index (χ0) is 26.3. The lowest BCUT2D eigenvalue weighted by atomic mass is 9.98. The molecule has 0 aliphatic heterocycles. The molecule has 0 unspecified atom stereocenters. The van der Waals surface area contributed by atoms with Gasteiger partial charge in [-0.25, -0.2) is 14.4 Å². The molecule has 0 bridgehead atoms. The van der Waals surface area contributed by atoms with Gasteiger partial charge in [0.25, 0.3) is 0 Å². The topological polar surface area (TPSA) is 44.2 Å². The highest BCUT2D eigenvalue weighted by Gasteiger charge is 2.28. The van der Waals surface area contributed by atoms with Crippen LogP contribution in [0.1, 0.15) is 28.1 Å². The first kappa shape index (κ1) is 26.5. The lowest BCUT2D eigenvalue weighted by Crippen LogP contribution is -2.19. The number of rotatable bonds is 11. The maximum atomic E-state index is 15.2. The second kappa shape index (κ2) is 12.1. The fraction of sp³-hybridized carbons (Fsp3) is 0.310. The minimum absolute atomic E-state index is 0.152. The molecule has 0 radical (unpaired) electrons. The van der Waals surface area contributed by atoms with Crippen molar-refractivity contribution in [1.82, 2.24) is 9.97 Å². The van der Waals surface area contributed by atoms with Crippen LogP contribution in [0.4, 0.5) is 17.6 Å². The number of alkyl halides is 3. The van der Waals surface area contributed by atoms with Crippen LogP contribution in [-0.2, 0) is 36.8 Å².